The lowest BCUT2D eigenvalue weighted by atomic mass is 9.92. The highest BCUT2D eigenvalue weighted by Gasteiger charge is 2.20. The van der Waals surface area contributed by atoms with E-state index in [0.717, 1.165) is 31.3 Å². The Morgan fingerprint density at radius 3 is 2.53 bits per heavy atom. The van der Waals surface area contributed by atoms with Gasteiger partial charge in [-0.1, -0.05) is 13.0 Å². The SMILES string of the molecule is CC[C@@H](/C=C1\CCCCC1=O)NC(=O)OC(C)(C)C. The van der Waals surface area contributed by atoms with E-state index >= 15 is 0 Å². The van der Waals surface area contributed by atoms with Crippen molar-refractivity contribution < 1.29 is 14.3 Å². The molecule has 0 aromatic rings. The second kappa shape index (κ2) is 6.73. The zero-order chi connectivity index (χ0) is 14.5. The molecule has 1 aliphatic rings. The fourth-order valence-corrected chi connectivity index (χ4v) is 2.04. The smallest absolute Gasteiger partial charge is 0.408 e. The van der Waals surface area contributed by atoms with Gasteiger partial charge >= 0.3 is 6.09 Å². The molecule has 108 valence electrons. The van der Waals surface area contributed by atoms with E-state index in [4.69, 9.17) is 4.74 Å². The minimum absolute atomic E-state index is 0.133. The Labute approximate surface area is 115 Å². The molecule has 1 aliphatic carbocycles. The van der Waals surface area contributed by atoms with Gasteiger partial charge in [-0.05, 0) is 52.0 Å². The van der Waals surface area contributed by atoms with Crippen molar-refractivity contribution in [3.05, 3.63) is 11.6 Å². The lowest BCUT2D eigenvalue weighted by Gasteiger charge is -2.22. The fraction of sp³-hybridized carbons (Fsp3) is 0.733. The van der Waals surface area contributed by atoms with Gasteiger partial charge in [0.05, 0.1) is 6.04 Å². The molecule has 0 heterocycles. The molecule has 1 fully saturated rings. The van der Waals surface area contributed by atoms with Crippen molar-refractivity contribution in [2.45, 2.75) is 71.4 Å². The van der Waals surface area contributed by atoms with Crippen LogP contribution in [-0.2, 0) is 9.53 Å². The van der Waals surface area contributed by atoms with Gasteiger partial charge < -0.3 is 10.1 Å². The number of ketones is 1. The van der Waals surface area contributed by atoms with Crippen molar-refractivity contribution in [1.82, 2.24) is 5.32 Å². The van der Waals surface area contributed by atoms with E-state index in [0.29, 0.717) is 6.42 Å². The molecule has 4 nitrogen and oxygen atoms in total. The summed E-state index contributed by atoms with van der Waals surface area (Å²) in [5, 5.41) is 2.80. The summed E-state index contributed by atoms with van der Waals surface area (Å²) in [5.74, 6) is 0.218. The number of nitrogens with one attached hydrogen (secondary N) is 1. The van der Waals surface area contributed by atoms with Gasteiger partial charge in [0, 0.05) is 6.42 Å². The van der Waals surface area contributed by atoms with E-state index in [-0.39, 0.29) is 11.8 Å². The molecule has 1 saturated carbocycles. The first-order chi connectivity index (χ1) is 8.81. The first-order valence-electron chi connectivity index (χ1n) is 7.05. The van der Waals surface area contributed by atoms with E-state index in [1.54, 1.807) is 0 Å². The molecule has 1 rings (SSSR count). The standard InChI is InChI=1S/C15H25NO3/c1-5-12(16-14(18)19-15(2,3)4)10-11-8-6-7-9-13(11)17/h10,12H,5-9H2,1-4H3,(H,16,18)/b11-10+/t12-/m0/s1. The fourth-order valence-electron chi connectivity index (χ4n) is 2.04. The van der Waals surface area contributed by atoms with E-state index in [1.807, 2.05) is 33.8 Å². The number of carbonyl (C=O) groups is 2. The summed E-state index contributed by atoms with van der Waals surface area (Å²) in [4.78, 5) is 23.5. The number of alkyl carbamates (subject to hydrolysis) is 1. The Bertz CT molecular complexity index is 366. The maximum atomic E-state index is 11.7. The average Bonchev–Trinajstić information content (AvgIpc) is 2.28. The van der Waals surface area contributed by atoms with Crippen LogP contribution >= 0.6 is 0 Å². The molecule has 1 N–H and O–H groups in total. The second-order valence-electron chi connectivity index (χ2n) is 5.98. The molecule has 0 saturated heterocycles. The van der Waals surface area contributed by atoms with Gasteiger partial charge in [0.1, 0.15) is 5.60 Å². The largest absolute Gasteiger partial charge is 0.444 e. The molecule has 0 spiro atoms. The summed E-state index contributed by atoms with van der Waals surface area (Å²) >= 11 is 0. The van der Waals surface area contributed by atoms with Crippen molar-refractivity contribution in [1.29, 1.82) is 0 Å². The molecule has 19 heavy (non-hydrogen) atoms. The third-order valence-electron chi connectivity index (χ3n) is 3.00. The van der Waals surface area contributed by atoms with Gasteiger partial charge in [0.15, 0.2) is 5.78 Å². The first-order valence-corrected chi connectivity index (χ1v) is 7.05. The molecule has 0 aromatic carbocycles. The number of amides is 1. The highest BCUT2D eigenvalue weighted by Crippen LogP contribution is 2.20. The molecule has 0 unspecified atom stereocenters. The van der Waals surface area contributed by atoms with E-state index in [1.165, 1.54) is 0 Å². The molecule has 0 bridgehead atoms. The molecule has 4 heteroatoms. The van der Waals surface area contributed by atoms with Crippen molar-refractivity contribution in [3.63, 3.8) is 0 Å². The van der Waals surface area contributed by atoms with Gasteiger partial charge in [-0.15, -0.1) is 0 Å². The predicted molar refractivity (Wildman–Crippen MR) is 75.0 cm³/mol. The van der Waals surface area contributed by atoms with Crippen LogP contribution in [0.5, 0.6) is 0 Å². The van der Waals surface area contributed by atoms with Crippen LogP contribution in [0.4, 0.5) is 4.79 Å². The Hall–Kier alpha value is -1.32. The van der Waals surface area contributed by atoms with Crippen molar-refractivity contribution in [2.75, 3.05) is 0 Å². The highest BCUT2D eigenvalue weighted by atomic mass is 16.6. The van der Waals surface area contributed by atoms with Crippen LogP contribution in [0.3, 0.4) is 0 Å². The van der Waals surface area contributed by atoms with Crippen LogP contribution in [0.15, 0.2) is 11.6 Å². The number of carbonyl (C=O) groups excluding carboxylic acids is 2. The van der Waals surface area contributed by atoms with Crippen LogP contribution in [0, 0.1) is 0 Å². The van der Waals surface area contributed by atoms with Gasteiger partial charge in [-0.2, -0.15) is 0 Å². The van der Waals surface area contributed by atoms with Crippen molar-refractivity contribution >= 4 is 11.9 Å². The van der Waals surface area contributed by atoms with E-state index in [2.05, 4.69) is 5.32 Å². The lowest BCUT2D eigenvalue weighted by molar-refractivity contribution is -0.116. The van der Waals surface area contributed by atoms with Gasteiger partial charge in [-0.25, -0.2) is 4.79 Å². The molecule has 1 atom stereocenters. The van der Waals surface area contributed by atoms with Crippen LogP contribution < -0.4 is 5.32 Å². The maximum Gasteiger partial charge on any atom is 0.408 e. The minimum atomic E-state index is -0.504. The Morgan fingerprint density at radius 1 is 1.37 bits per heavy atom. The molecule has 0 aliphatic heterocycles. The van der Waals surface area contributed by atoms with Gasteiger partial charge in [-0.3, -0.25) is 4.79 Å². The first kappa shape index (κ1) is 15.7. The third-order valence-corrected chi connectivity index (χ3v) is 3.00. The number of Topliss-reactive ketones (excluding diaryl/α,β-unsaturated/α-hetero) is 1. The second-order valence-corrected chi connectivity index (χ2v) is 5.98. The van der Waals surface area contributed by atoms with Crippen molar-refractivity contribution in [3.8, 4) is 0 Å². The number of rotatable bonds is 3. The van der Waals surface area contributed by atoms with Gasteiger partial charge in [0.2, 0.25) is 0 Å². The third kappa shape index (κ3) is 5.90. The maximum absolute atomic E-state index is 11.7. The summed E-state index contributed by atoms with van der Waals surface area (Å²) in [6, 6.07) is -0.133. The van der Waals surface area contributed by atoms with Crippen LogP contribution in [0.1, 0.15) is 59.8 Å². The predicted octanol–water partition coefficient (Wildman–Crippen LogP) is 3.36. The summed E-state index contributed by atoms with van der Waals surface area (Å²) in [7, 11) is 0. The summed E-state index contributed by atoms with van der Waals surface area (Å²) in [5.41, 5.74) is 0.352. The summed E-state index contributed by atoms with van der Waals surface area (Å²) in [6.45, 7) is 7.47. The van der Waals surface area contributed by atoms with Gasteiger partial charge in [0.25, 0.3) is 0 Å². The molecular weight excluding hydrogens is 242 g/mol. The summed E-state index contributed by atoms with van der Waals surface area (Å²) in [6.07, 6.45) is 5.70. The molecule has 0 radical (unpaired) electrons. The Balaban J connectivity index is 2.60. The molecular formula is C15H25NO3. The van der Waals surface area contributed by atoms with Crippen molar-refractivity contribution in [2.24, 2.45) is 0 Å². The monoisotopic (exact) mass is 267 g/mol. The normalized spacial score (nSPS) is 20.2. The topological polar surface area (TPSA) is 55.4 Å². The highest BCUT2D eigenvalue weighted by molar-refractivity contribution is 5.96. The van der Waals surface area contributed by atoms with E-state index < -0.39 is 11.7 Å². The molecule has 1 amide bonds. The number of allylic oxidation sites excluding steroid dienone is 1. The van der Waals surface area contributed by atoms with Crippen LogP contribution in [-0.4, -0.2) is 23.5 Å². The zero-order valence-electron chi connectivity index (χ0n) is 12.4. The number of hydrogen-bond acceptors (Lipinski definition) is 3. The van der Waals surface area contributed by atoms with Crippen LogP contribution in [0.25, 0.3) is 0 Å². The molecule has 0 aromatic heterocycles. The number of ether oxygens (including phenoxy) is 1. The Morgan fingerprint density at radius 2 is 2.00 bits per heavy atom. The average molecular weight is 267 g/mol. The quantitative estimate of drug-likeness (QED) is 0.798. The minimum Gasteiger partial charge on any atom is -0.444 e. The lowest BCUT2D eigenvalue weighted by Crippen LogP contribution is -2.38. The van der Waals surface area contributed by atoms with Crippen LogP contribution in [0.2, 0.25) is 0 Å². The zero-order valence-corrected chi connectivity index (χ0v) is 12.4. The van der Waals surface area contributed by atoms with E-state index in [9.17, 15) is 9.59 Å². The number of hydrogen-bond donors (Lipinski definition) is 1. The Kier molecular flexibility index (Phi) is 5.58. The summed E-state index contributed by atoms with van der Waals surface area (Å²) < 4.78 is 5.22.